The highest BCUT2D eigenvalue weighted by Crippen LogP contribution is 2.23. The minimum Gasteiger partial charge on any atom is -0.486 e. The predicted octanol–water partition coefficient (Wildman–Crippen LogP) is 3.13. The molecule has 1 fully saturated rings. The van der Waals surface area contributed by atoms with Crippen LogP contribution in [0.1, 0.15) is 34.7 Å². The molecule has 1 aromatic heterocycles. The maximum atomic E-state index is 12.3. The Bertz CT molecular complexity index is 960. The smallest absolute Gasteiger partial charge is 0.251 e. The van der Waals surface area contributed by atoms with Gasteiger partial charge in [-0.2, -0.15) is 0 Å². The van der Waals surface area contributed by atoms with Gasteiger partial charge in [0.05, 0.1) is 17.9 Å². The van der Waals surface area contributed by atoms with Crippen LogP contribution in [0.2, 0.25) is 0 Å². The molecule has 2 heterocycles. The van der Waals surface area contributed by atoms with Crippen LogP contribution in [-0.4, -0.2) is 41.0 Å². The zero-order chi connectivity index (χ0) is 21.5. The van der Waals surface area contributed by atoms with Gasteiger partial charge >= 0.3 is 0 Å². The lowest BCUT2D eigenvalue weighted by Crippen LogP contribution is -2.46. The first-order chi connectivity index (χ1) is 15.2. The molecule has 4 rings (SSSR count). The predicted molar refractivity (Wildman–Crippen MR) is 114 cm³/mol. The number of hydrogen-bond acceptors (Lipinski definition) is 6. The van der Waals surface area contributed by atoms with Crippen molar-refractivity contribution in [1.82, 2.24) is 10.5 Å². The van der Waals surface area contributed by atoms with Crippen molar-refractivity contribution in [2.45, 2.75) is 44.2 Å². The second-order valence-corrected chi connectivity index (χ2v) is 7.61. The summed E-state index contributed by atoms with van der Waals surface area (Å²) in [7, 11) is 0. The van der Waals surface area contributed by atoms with E-state index < -0.39 is 12.2 Å². The molecule has 31 heavy (non-hydrogen) atoms. The first kappa shape index (κ1) is 21.1. The van der Waals surface area contributed by atoms with Crippen LogP contribution < -0.4 is 10.1 Å². The van der Waals surface area contributed by atoms with Crippen molar-refractivity contribution in [3.05, 3.63) is 83.7 Å². The Kier molecular flexibility index (Phi) is 6.96. The molecular weight excluding hydrogens is 396 g/mol. The van der Waals surface area contributed by atoms with Crippen molar-refractivity contribution in [3.63, 3.8) is 0 Å². The number of ether oxygens (including phenoxy) is 2. The first-order valence-corrected chi connectivity index (χ1v) is 10.5. The highest BCUT2D eigenvalue weighted by Gasteiger charge is 2.31. The average Bonchev–Trinajstić information content (AvgIpc) is 3.26. The summed E-state index contributed by atoms with van der Waals surface area (Å²) in [5, 5.41) is 17.3. The van der Waals surface area contributed by atoms with Crippen LogP contribution >= 0.6 is 0 Å². The molecule has 2 aromatic carbocycles. The molecule has 162 valence electrons. The number of nitrogens with one attached hydrogen (secondary N) is 1. The molecule has 7 nitrogen and oxygen atoms in total. The van der Waals surface area contributed by atoms with E-state index in [0.717, 1.165) is 11.4 Å². The van der Waals surface area contributed by atoms with Crippen LogP contribution in [0.25, 0.3) is 0 Å². The quantitative estimate of drug-likeness (QED) is 0.579. The molecule has 0 aliphatic carbocycles. The number of aliphatic hydroxyl groups is 1. The van der Waals surface area contributed by atoms with E-state index in [1.165, 1.54) is 0 Å². The van der Waals surface area contributed by atoms with Gasteiger partial charge in [-0.3, -0.25) is 4.79 Å². The third kappa shape index (κ3) is 5.93. The molecule has 1 saturated heterocycles. The topological polar surface area (TPSA) is 93.8 Å². The second-order valence-electron chi connectivity index (χ2n) is 7.61. The monoisotopic (exact) mass is 422 g/mol. The lowest BCUT2D eigenvalue weighted by Gasteiger charge is -2.33. The zero-order valence-electron chi connectivity index (χ0n) is 17.1. The Morgan fingerprint density at radius 1 is 1.10 bits per heavy atom. The molecule has 3 unspecified atom stereocenters. The van der Waals surface area contributed by atoms with Crippen LogP contribution in [0.5, 0.6) is 5.75 Å². The SMILES string of the molecule is O=C(NCC1OC(Cc2cc(COc3ccccc3)on2)CCC1O)c1ccccc1. The lowest BCUT2D eigenvalue weighted by atomic mass is 9.98. The Morgan fingerprint density at radius 2 is 1.84 bits per heavy atom. The number of benzene rings is 2. The summed E-state index contributed by atoms with van der Waals surface area (Å²) >= 11 is 0. The Balaban J connectivity index is 1.26. The van der Waals surface area contributed by atoms with E-state index in [1.54, 1.807) is 12.1 Å². The highest BCUT2D eigenvalue weighted by atomic mass is 16.5. The molecule has 7 heteroatoms. The summed E-state index contributed by atoms with van der Waals surface area (Å²) in [6.07, 6.45) is 0.726. The molecule has 0 saturated carbocycles. The molecule has 3 atom stereocenters. The van der Waals surface area contributed by atoms with Crippen molar-refractivity contribution in [2.24, 2.45) is 0 Å². The Morgan fingerprint density at radius 3 is 2.61 bits per heavy atom. The Hall–Kier alpha value is -3.16. The molecule has 1 aliphatic rings. The lowest BCUT2D eigenvalue weighted by molar-refractivity contribution is -0.114. The minimum absolute atomic E-state index is 0.102. The number of hydrogen-bond donors (Lipinski definition) is 2. The van der Waals surface area contributed by atoms with Crippen LogP contribution in [0.15, 0.2) is 71.3 Å². The number of amides is 1. The highest BCUT2D eigenvalue weighted by molar-refractivity contribution is 5.94. The second kappa shape index (κ2) is 10.2. The molecule has 0 spiro atoms. The first-order valence-electron chi connectivity index (χ1n) is 10.5. The summed E-state index contributed by atoms with van der Waals surface area (Å²) in [6, 6.07) is 20.4. The maximum absolute atomic E-state index is 12.3. The van der Waals surface area contributed by atoms with Gasteiger partial charge in [0.1, 0.15) is 18.5 Å². The van der Waals surface area contributed by atoms with Crippen molar-refractivity contribution >= 4 is 5.91 Å². The van der Waals surface area contributed by atoms with Crippen molar-refractivity contribution in [3.8, 4) is 5.75 Å². The van der Waals surface area contributed by atoms with E-state index in [-0.39, 0.29) is 18.6 Å². The van der Waals surface area contributed by atoms with E-state index in [9.17, 15) is 9.90 Å². The van der Waals surface area contributed by atoms with Crippen molar-refractivity contribution < 1.29 is 23.9 Å². The molecule has 0 bridgehead atoms. The summed E-state index contributed by atoms with van der Waals surface area (Å²) in [4.78, 5) is 12.3. The number of carbonyl (C=O) groups excluding carboxylic acids is 1. The largest absolute Gasteiger partial charge is 0.486 e. The van der Waals surface area contributed by atoms with Crippen LogP contribution in [0.4, 0.5) is 0 Å². The van der Waals surface area contributed by atoms with Gasteiger partial charge in [-0.1, -0.05) is 41.6 Å². The number of para-hydroxylation sites is 1. The third-order valence-corrected chi connectivity index (χ3v) is 5.25. The molecule has 0 radical (unpaired) electrons. The normalized spacial score (nSPS) is 20.9. The van der Waals surface area contributed by atoms with Crippen molar-refractivity contribution in [1.29, 1.82) is 0 Å². The summed E-state index contributed by atoms with van der Waals surface area (Å²) in [5.74, 6) is 1.23. The summed E-state index contributed by atoms with van der Waals surface area (Å²) < 4.78 is 17.1. The fourth-order valence-corrected chi connectivity index (χ4v) is 3.59. The van der Waals surface area contributed by atoms with E-state index in [0.29, 0.717) is 37.2 Å². The number of rotatable bonds is 8. The van der Waals surface area contributed by atoms with Gasteiger partial charge in [-0.25, -0.2) is 0 Å². The fraction of sp³-hybridized carbons (Fsp3) is 0.333. The zero-order valence-corrected chi connectivity index (χ0v) is 17.1. The number of aliphatic hydroxyl groups excluding tert-OH is 1. The van der Waals surface area contributed by atoms with E-state index in [2.05, 4.69) is 10.5 Å². The third-order valence-electron chi connectivity index (χ3n) is 5.25. The molecular formula is C24H26N2O5. The average molecular weight is 422 g/mol. The maximum Gasteiger partial charge on any atom is 0.251 e. The van der Waals surface area contributed by atoms with E-state index in [4.69, 9.17) is 14.0 Å². The van der Waals surface area contributed by atoms with Gasteiger partial charge in [-0.15, -0.1) is 0 Å². The van der Waals surface area contributed by atoms with Gasteiger partial charge in [0, 0.05) is 24.6 Å². The standard InChI is InChI=1S/C24H26N2O5/c27-22-12-11-20(30-23(22)15-25-24(28)17-7-3-1-4-8-17)13-18-14-21(31-26-18)16-29-19-9-5-2-6-10-19/h1-10,14,20,22-23,27H,11-13,15-16H2,(H,25,28). The Labute approximate surface area is 181 Å². The van der Waals surface area contributed by atoms with Gasteiger partial charge < -0.3 is 24.4 Å². The van der Waals surface area contributed by atoms with Gasteiger partial charge in [0.25, 0.3) is 5.91 Å². The molecule has 1 amide bonds. The van der Waals surface area contributed by atoms with Crippen LogP contribution in [0.3, 0.4) is 0 Å². The minimum atomic E-state index is -0.612. The fourth-order valence-electron chi connectivity index (χ4n) is 3.59. The van der Waals surface area contributed by atoms with Crippen LogP contribution in [0, 0.1) is 0 Å². The molecule has 1 aliphatic heterocycles. The summed E-state index contributed by atoms with van der Waals surface area (Å²) in [5.41, 5.74) is 1.36. The molecule has 3 aromatic rings. The van der Waals surface area contributed by atoms with Crippen molar-refractivity contribution in [2.75, 3.05) is 6.54 Å². The number of aromatic nitrogens is 1. The summed E-state index contributed by atoms with van der Waals surface area (Å²) in [6.45, 7) is 0.551. The van der Waals surface area contributed by atoms with Gasteiger partial charge in [0.15, 0.2) is 5.76 Å². The van der Waals surface area contributed by atoms with Gasteiger partial charge in [-0.05, 0) is 37.1 Å². The van der Waals surface area contributed by atoms with Gasteiger partial charge in [0.2, 0.25) is 0 Å². The van der Waals surface area contributed by atoms with Crippen LogP contribution in [-0.2, 0) is 17.8 Å². The number of nitrogens with zero attached hydrogens (tertiary/aromatic N) is 1. The van der Waals surface area contributed by atoms with E-state index >= 15 is 0 Å². The van der Waals surface area contributed by atoms with E-state index in [1.807, 2.05) is 54.6 Å². The molecule has 2 N–H and O–H groups in total. The number of carbonyl (C=O) groups is 1.